The number of hydrogen-bond donors (Lipinski definition) is 1. The quantitative estimate of drug-likeness (QED) is 0.448. The number of thiocarbonyl (C=S) groups is 1. The molecule has 0 spiro atoms. The molecule has 0 aliphatic carbocycles. The number of benzene rings is 1. The summed E-state index contributed by atoms with van der Waals surface area (Å²) in [6, 6.07) is 5.13. The molecule has 0 bridgehead atoms. The number of methoxy groups -OCH3 is 1. The third-order valence-electron chi connectivity index (χ3n) is 3.43. The van der Waals surface area contributed by atoms with E-state index in [1.165, 1.54) is 12.0 Å². The molecule has 0 unspecified atom stereocenters. The largest absolute Gasteiger partial charge is 0.493 e. The van der Waals surface area contributed by atoms with Crippen molar-refractivity contribution in [1.29, 1.82) is 0 Å². The van der Waals surface area contributed by atoms with Gasteiger partial charge in [-0.05, 0) is 49.8 Å². The number of carbonyl (C=O) groups is 2. The van der Waals surface area contributed by atoms with Crippen molar-refractivity contribution in [2.45, 2.75) is 13.8 Å². The predicted octanol–water partition coefficient (Wildman–Crippen LogP) is 1.71. The number of hydrogen-bond acceptors (Lipinski definition) is 6. The number of nitrogens with one attached hydrogen (secondary N) is 1. The third kappa shape index (κ3) is 4.48. The smallest absolute Gasteiger partial charge is 0.344 e. The van der Waals surface area contributed by atoms with Gasteiger partial charge in [-0.15, -0.1) is 0 Å². The Morgan fingerprint density at radius 2 is 2.08 bits per heavy atom. The van der Waals surface area contributed by atoms with Gasteiger partial charge in [-0.1, -0.05) is 6.07 Å². The van der Waals surface area contributed by atoms with Crippen molar-refractivity contribution in [1.82, 2.24) is 10.2 Å². The van der Waals surface area contributed by atoms with Crippen LogP contribution in [0, 0.1) is 0 Å². The van der Waals surface area contributed by atoms with Gasteiger partial charge in [0, 0.05) is 6.54 Å². The lowest BCUT2D eigenvalue weighted by Gasteiger charge is -2.11. The van der Waals surface area contributed by atoms with E-state index in [1.54, 1.807) is 31.2 Å². The number of carbonyl (C=O) groups excluding carboxylic acids is 2. The van der Waals surface area contributed by atoms with Crippen LogP contribution in [-0.4, -0.2) is 48.8 Å². The van der Waals surface area contributed by atoms with E-state index >= 15 is 0 Å². The van der Waals surface area contributed by atoms with Gasteiger partial charge in [0.15, 0.2) is 23.2 Å². The fourth-order valence-corrected chi connectivity index (χ4v) is 2.58. The summed E-state index contributed by atoms with van der Waals surface area (Å²) in [6.45, 7) is 4.18. The Morgan fingerprint density at radius 1 is 1.32 bits per heavy atom. The van der Waals surface area contributed by atoms with E-state index in [0.29, 0.717) is 35.5 Å². The van der Waals surface area contributed by atoms with Gasteiger partial charge in [-0.25, -0.2) is 4.79 Å². The van der Waals surface area contributed by atoms with Crippen molar-refractivity contribution in [2.75, 3.05) is 26.9 Å². The van der Waals surface area contributed by atoms with Crippen LogP contribution in [0.25, 0.3) is 6.08 Å². The average Bonchev–Trinajstić information content (AvgIpc) is 2.86. The van der Waals surface area contributed by atoms with Gasteiger partial charge in [0.05, 0.1) is 13.7 Å². The normalized spacial score (nSPS) is 15.3. The van der Waals surface area contributed by atoms with E-state index in [-0.39, 0.29) is 12.5 Å². The fraction of sp³-hybridized carbons (Fsp3) is 0.353. The summed E-state index contributed by atoms with van der Waals surface area (Å²) in [5.74, 6) is 0.229. The van der Waals surface area contributed by atoms with Gasteiger partial charge >= 0.3 is 5.97 Å². The Hall–Kier alpha value is -2.61. The highest BCUT2D eigenvalue weighted by molar-refractivity contribution is 7.80. The molecule has 0 atom stereocenters. The highest BCUT2D eigenvalue weighted by Crippen LogP contribution is 2.29. The first-order chi connectivity index (χ1) is 12.0. The minimum Gasteiger partial charge on any atom is -0.493 e. The summed E-state index contributed by atoms with van der Waals surface area (Å²) in [6.07, 6.45) is 1.68. The van der Waals surface area contributed by atoms with Crippen LogP contribution in [0.2, 0.25) is 0 Å². The molecule has 2 rings (SSSR count). The van der Waals surface area contributed by atoms with E-state index in [2.05, 4.69) is 5.32 Å². The van der Waals surface area contributed by atoms with Crippen LogP contribution < -0.4 is 14.8 Å². The topological polar surface area (TPSA) is 77.1 Å². The maximum atomic E-state index is 12.2. The minimum atomic E-state index is -0.454. The molecule has 1 amide bonds. The first kappa shape index (κ1) is 18.7. The molecule has 1 fully saturated rings. The van der Waals surface area contributed by atoms with E-state index < -0.39 is 5.97 Å². The lowest BCUT2D eigenvalue weighted by molar-refractivity contribution is -0.145. The van der Waals surface area contributed by atoms with E-state index in [4.69, 9.17) is 26.4 Å². The second-order valence-electron chi connectivity index (χ2n) is 5.04. The van der Waals surface area contributed by atoms with Crippen molar-refractivity contribution in [3.63, 3.8) is 0 Å². The SMILES string of the molecule is CCOC(=O)COc1ccc(/C=C2\NC(=S)N(CC)C2=O)cc1OC. The maximum absolute atomic E-state index is 12.2. The number of ether oxygens (including phenoxy) is 3. The molecular weight excluding hydrogens is 344 g/mol. The van der Waals surface area contributed by atoms with Gasteiger partial charge in [0.1, 0.15) is 5.70 Å². The molecule has 0 radical (unpaired) electrons. The van der Waals surface area contributed by atoms with Gasteiger partial charge in [0.2, 0.25) is 0 Å². The molecule has 0 aromatic heterocycles. The molecule has 1 N–H and O–H groups in total. The van der Waals surface area contributed by atoms with E-state index in [0.717, 1.165) is 5.56 Å². The zero-order valence-electron chi connectivity index (χ0n) is 14.3. The Bertz CT molecular complexity index is 717. The first-order valence-electron chi connectivity index (χ1n) is 7.81. The van der Waals surface area contributed by atoms with Crippen LogP contribution in [0.4, 0.5) is 0 Å². The molecule has 1 aliphatic heterocycles. The van der Waals surface area contributed by atoms with Gasteiger partial charge in [-0.2, -0.15) is 0 Å². The monoisotopic (exact) mass is 364 g/mol. The van der Waals surface area contributed by atoms with Crippen molar-refractivity contribution >= 4 is 35.3 Å². The maximum Gasteiger partial charge on any atom is 0.344 e. The van der Waals surface area contributed by atoms with Crippen molar-refractivity contribution in [2.24, 2.45) is 0 Å². The lowest BCUT2D eigenvalue weighted by Crippen LogP contribution is -2.30. The molecular formula is C17H20N2O5S. The van der Waals surface area contributed by atoms with Gasteiger partial charge < -0.3 is 19.5 Å². The molecule has 1 saturated heterocycles. The van der Waals surface area contributed by atoms with Crippen LogP contribution in [0.5, 0.6) is 11.5 Å². The highest BCUT2D eigenvalue weighted by Gasteiger charge is 2.29. The molecule has 7 nitrogen and oxygen atoms in total. The van der Waals surface area contributed by atoms with Crippen LogP contribution in [0.3, 0.4) is 0 Å². The molecule has 1 aromatic carbocycles. The first-order valence-corrected chi connectivity index (χ1v) is 8.22. The van der Waals surface area contributed by atoms with Crippen LogP contribution >= 0.6 is 12.2 Å². The standard InChI is InChI=1S/C17H20N2O5S/c1-4-19-16(21)12(18-17(19)25)8-11-6-7-13(14(9-11)22-3)24-10-15(20)23-5-2/h6-9H,4-5,10H2,1-3H3,(H,18,25)/b12-8-. The zero-order valence-corrected chi connectivity index (χ0v) is 15.1. The van der Waals surface area contributed by atoms with Crippen LogP contribution in [0.15, 0.2) is 23.9 Å². The summed E-state index contributed by atoms with van der Waals surface area (Å²) in [4.78, 5) is 25.1. The fourth-order valence-electron chi connectivity index (χ4n) is 2.26. The Morgan fingerprint density at radius 3 is 2.68 bits per heavy atom. The van der Waals surface area contributed by atoms with Crippen LogP contribution in [0.1, 0.15) is 19.4 Å². The third-order valence-corrected chi connectivity index (χ3v) is 3.75. The van der Waals surface area contributed by atoms with Crippen LogP contribution in [-0.2, 0) is 14.3 Å². The number of likely N-dealkylation sites (N-methyl/N-ethyl adjacent to an activating group) is 1. The second kappa shape index (κ2) is 8.48. The average molecular weight is 364 g/mol. The zero-order chi connectivity index (χ0) is 18.4. The second-order valence-corrected chi connectivity index (χ2v) is 5.43. The summed E-state index contributed by atoms with van der Waals surface area (Å²) < 4.78 is 15.5. The molecule has 25 heavy (non-hydrogen) atoms. The van der Waals surface area contributed by atoms with Gasteiger partial charge in [-0.3, -0.25) is 9.69 Å². The van der Waals surface area contributed by atoms with E-state index in [9.17, 15) is 9.59 Å². The Balaban J connectivity index is 2.16. The summed E-state index contributed by atoms with van der Waals surface area (Å²) in [7, 11) is 1.50. The number of rotatable bonds is 7. The molecule has 8 heteroatoms. The summed E-state index contributed by atoms with van der Waals surface area (Å²) in [5, 5.41) is 3.28. The summed E-state index contributed by atoms with van der Waals surface area (Å²) in [5.41, 5.74) is 1.13. The molecule has 1 heterocycles. The minimum absolute atomic E-state index is 0.172. The molecule has 134 valence electrons. The molecule has 1 aliphatic rings. The lowest BCUT2D eigenvalue weighted by atomic mass is 10.1. The number of nitrogens with zero attached hydrogens (tertiary/aromatic N) is 1. The number of esters is 1. The van der Waals surface area contributed by atoms with Crippen molar-refractivity contribution in [3.05, 3.63) is 29.5 Å². The van der Waals surface area contributed by atoms with Gasteiger partial charge in [0.25, 0.3) is 5.91 Å². The predicted molar refractivity (Wildman–Crippen MR) is 96.2 cm³/mol. The number of amides is 1. The van der Waals surface area contributed by atoms with Crippen molar-refractivity contribution < 1.29 is 23.8 Å². The molecule has 0 saturated carbocycles. The summed E-state index contributed by atoms with van der Waals surface area (Å²) >= 11 is 5.12. The van der Waals surface area contributed by atoms with Crippen molar-refractivity contribution in [3.8, 4) is 11.5 Å². The molecule has 1 aromatic rings. The Labute approximate surface area is 151 Å². The Kier molecular flexibility index (Phi) is 6.35. The highest BCUT2D eigenvalue weighted by atomic mass is 32.1. The van der Waals surface area contributed by atoms with E-state index in [1.807, 2.05) is 6.92 Å².